The molecule has 100 valence electrons. The summed E-state index contributed by atoms with van der Waals surface area (Å²) < 4.78 is 11.7. The van der Waals surface area contributed by atoms with E-state index in [4.69, 9.17) is 9.47 Å². The fourth-order valence-corrected chi connectivity index (χ4v) is 3.91. The molecule has 1 aromatic carbocycles. The minimum absolute atomic E-state index is 0.0533. The van der Waals surface area contributed by atoms with Gasteiger partial charge in [0, 0.05) is 0 Å². The first-order valence-electron chi connectivity index (χ1n) is 7.00. The van der Waals surface area contributed by atoms with Crippen LogP contribution in [-0.2, 0) is 4.74 Å². The highest BCUT2D eigenvalue weighted by molar-refractivity contribution is 5.94. The molecule has 1 spiro atoms. The van der Waals surface area contributed by atoms with Gasteiger partial charge in [0.1, 0.15) is 23.5 Å². The summed E-state index contributed by atoms with van der Waals surface area (Å²) in [5, 5.41) is 0. The van der Waals surface area contributed by atoms with E-state index in [0.717, 1.165) is 37.1 Å². The zero-order valence-corrected chi connectivity index (χ0v) is 11.0. The van der Waals surface area contributed by atoms with Crippen LogP contribution in [0.4, 0.5) is 10.5 Å². The molecule has 0 aromatic heterocycles. The zero-order chi connectivity index (χ0) is 13.0. The Balaban J connectivity index is 1.92. The maximum atomic E-state index is 12.3. The van der Waals surface area contributed by atoms with E-state index < -0.39 is 0 Å². The molecule has 1 saturated carbocycles. The average Bonchev–Trinajstić information content (AvgIpc) is 2.68. The fourth-order valence-electron chi connectivity index (χ4n) is 3.91. The summed E-state index contributed by atoms with van der Waals surface area (Å²) in [5.41, 5.74) is 0.555. The van der Waals surface area contributed by atoms with Gasteiger partial charge in [-0.05, 0) is 38.3 Å². The van der Waals surface area contributed by atoms with E-state index in [2.05, 4.69) is 0 Å². The number of anilines is 1. The molecule has 19 heavy (non-hydrogen) atoms. The normalized spacial score (nSPS) is 35.8. The summed E-state index contributed by atoms with van der Waals surface area (Å²) in [7, 11) is 0. The van der Waals surface area contributed by atoms with E-state index >= 15 is 0 Å². The van der Waals surface area contributed by atoms with Crippen LogP contribution in [0.1, 0.15) is 32.6 Å². The Morgan fingerprint density at radius 2 is 2.11 bits per heavy atom. The lowest BCUT2D eigenvalue weighted by molar-refractivity contribution is 0.0122. The van der Waals surface area contributed by atoms with E-state index in [9.17, 15) is 4.79 Å². The fraction of sp³-hybridized carbons (Fsp3) is 0.533. The molecule has 1 aromatic rings. The number of nitrogens with zero attached hydrogens (tertiary/aromatic N) is 1. The number of fused-ring (bicyclic) bond motifs is 2. The lowest BCUT2D eigenvalue weighted by Crippen LogP contribution is -2.64. The number of para-hydroxylation sites is 2. The van der Waals surface area contributed by atoms with Gasteiger partial charge in [-0.25, -0.2) is 4.79 Å². The number of carbonyl (C=O) groups is 1. The first-order valence-corrected chi connectivity index (χ1v) is 7.00. The van der Waals surface area contributed by atoms with Crippen LogP contribution in [0.2, 0.25) is 0 Å². The summed E-state index contributed by atoms with van der Waals surface area (Å²) in [6, 6.07) is 7.76. The van der Waals surface area contributed by atoms with Gasteiger partial charge in [0.05, 0.1) is 5.69 Å². The van der Waals surface area contributed by atoms with Gasteiger partial charge in [0.25, 0.3) is 0 Å². The molecule has 2 heterocycles. The average molecular weight is 259 g/mol. The summed E-state index contributed by atoms with van der Waals surface area (Å²) in [6.45, 7) is 1.99. The summed E-state index contributed by atoms with van der Waals surface area (Å²) >= 11 is 0. The van der Waals surface area contributed by atoms with Crippen molar-refractivity contribution in [1.29, 1.82) is 0 Å². The van der Waals surface area contributed by atoms with Crippen LogP contribution in [0.5, 0.6) is 5.75 Å². The van der Waals surface area contributed by atoms with Crippen molar-refractivity contribution < 1.29 is 14.3 Å². The van der Waals surface area contributed by atoms with Gasteiger partial charge in [-0.3, -0.25) is 4.90 Å². The van der Waals surface area contributed by atoms with Gasteiger partial charge in [0.2, 0.25) is 0 Å². The molecule has 2 aliphatic heterocycles. The topological polar surface area (TPSA) is 38.8 Å². The van der Waals surface area contributed by atoms with Crippen molar-refractivity contribution in [3.8, 4) is 5.75 Å². The molecule has 4 heteroatoms. The number of cyclic esters (lactones) is 1. The van der Waals surface area contributed by atoms with Crippen LogP contribution >= 0.6 is 0 Å². The van der Waals surface area contributed by atoms with Gasteiger partial charge in [-0.1, -0.05) is 18.6 Å². The van der Waals surface area contributed by atoms with Crippen molar-refractivity contribution in [2.75, 3.05) is 4.90 Å². The molecule has 4 rings (SSSR count). The number of carbonyl (C=O) groups excluding carboxylic acids is 1. The number of amides is 1. The van der Waals surface area contributed by atoms with Crippen molar-refractivity contribution in [2.45, 2.75) is 50.4 Å². The Hall–Kier alpha value is -1.71. The highest BCUT2D eigenvalue weighted by Crippen LogP contribution is 2.52. The number of benzene rings is 1. The molecule has 1 amide bonds. The Bertz CT molecular complexity index is 544. The van der Waals surface area contributed by atoms with Crippen molar-refractivity contribution in [1.82, 2.24) is 0 Å². The Morgan fingerprint density at radius 3 is 3.00 bits per heavy atom. The van der Waals surface area contributed by atoms with Crippen LogP contribution in [0.3, 0.4) is 0 Å². The quantitative estimate of drug-likeness (QED) is 0.718. The first-order chi connectivity index (χ1) is 9.23. The second-order valence-corrected chi connectivity index (χ2v) is 5.67. The molecule has 0 radical (unpaired) electrons. The monoisotopic (exact) mass is 259 g/mol. The minimum atomic E-state index is -0.302. The Labute approximate surface area is 112 Å². The van der Waals surface area contributed by atoms with Crippen molar-refractivity contribution in [2.24, 2.45) is 0 Å². The molecule has 0 bridgehead atoms. The largest absolute Gasteiger partial charge is 0.486 e. The van der Waals surface area contributed by atoms with E-state index in [-0.39, 0.29) is 23.8 Å². The maximum Gasteiger partial charge on any atom is 0.415 e. The van der Waals surface area contributed by atoms with Gasteiger partial charge in [-0.2, -0.15) is 0 Å². The molecule has 4 nitrogen and oxygen atoms in total. The van der Waals surface area contributed by atoms with Crippen LogP contribution in [0.25, 0.3) is 0 Å². The van der Waals surface area contributed by atoms with E-state index in [1.165, 1.54) is 0 Å². The predicted octanol–water partition coefficient (Wildman–Crippen LogP) is 3.11. The standard InChI is InChI=1S/C15H17NO3/c1-10-15-9-5-4-8-13(15)19-12-7-3-2-6-11(12)16(15)14(17)18-10/h2-3,6-7,10,13H,4-5,8-9H2,1H3/t10?,13-,15+/m1/s1. The SMILES string of the molecule is CC1OC(=O)N2c3ccccc3O[C@@H]3CCCC[C@]132. The Morgan fingerprint density at radius 1 is 1.26 bits per heavy atom. The lowest BCUT2D eigenvalue weighted by Gasteiger charge is -2.50. The molecule has 3 atom stereocenters. The molecule has 1 saturated heterocycles. The third kappa shape index (κ3) is 1.26. The van der Waals surface area contributed by atoms with Crippen molar-refractivity contribution in [3.05, 3.63) is 24.3 Å². The summed E-state index contributed by atoms with van der Waals surface area (Å²) in [6.07, 6.45) is 3.94. The molecular formula is C15H17NO3. The molecular weight excluding hydrogens is 242 g/mol. The van der Waals surface area contributed by atoms with E-state index in [1.54, 1.807) is 0 Å². The summed E-state index contributed by atoms with van der Waals surface area (Å²) in [4.78, 5) is 14.1. The van der Waals surface area contributed by atoms with Gasteiger partial charge >= 0.3 is 6.09 Å². The van der Waals surface area contributed by atoms with E-state index in [0.29, 0.717) is 0 Å². The predicted molar refractivity (Wildman–Crippen MR) is 70.5 cm³/mol. The maximum absolute atomic E-state index is 12.3. The molecule has 3 aliphatic rings. The number of hydrogen-bond donors (Lipinski definition) is 0. The third-order valence-electron chi connectivity index (χ3n) is 4.81. The molecule has 1 aliphatic carbocycles. The van der Waals surface area contributed by atoms with Crippen LogP contribution in [0, 0.1) is 0 Å². The second-order valence-electron chi connectivity index (χ2n) is 5.67. The van der Waals surface area contributed by atoms with Crippen LogP contribution < -0.4 is 9.64 Å². The zero-order valence-electron chi connectivity index (χ0n) is 11.0. The molecule has 2 fully saturated rings. The summed E-state index contributed by atoms with van der Waals surface area (Å²) in [5.74, 6) is 0.802. The highest BCUT2D eigenvalue weighted by Gasteiger charge is 2.62. The lowest BCUT2D eigenvalue weighted by atomic mass is 9.74. The minimum Gasteiger partial charge on any atom is -0.486 e. The second kappa shape index (κ2) is 3.65. The highest BCUT2D eigenvalue weighted by atomic mass is 16.6. The van der Waals surface area contributed by atoms with Gasteiger partial charge in [-0.15, -0.1) is 0 Å². The van der Waals surface area contributed by atoms with Crippen molar-refractivity contribution >= 4 is 11.8 Å². The van der Waals surface area contributed by atoms with Gasteiger partial charge in [0.15, 0.2) is 0 Å². The van der Waals surface area contributed by atoms with Crippen LogP contribution in [0.15, 0.2) is 24.3 Å². The molecule has 0 N–H and O–H groups in total. The van der Waals surface area contributed by atoms with Gasteiger partial charge < -0.3 is 9.47 Å². The number of ether oxygens (including phenoxy) is 2. The number of hydrogen-bond acceptors (Lipinski definition) is 3. The van der Waals surface area contributed by atoms with E-state index in [1.807, 2.05) is 36.1 Å². The molecule has 1 unspecified atom stereocenters. The Kier molecular flexibility index (Phi) is 2.14. The smallest absolute Gasteiger partial charge is 0.415 e. The van der Waals surface area contributed by atoms with Crippen LogP contribution in [-0.4, -0.2) is 23.8 Å². The van der Waals surface area contributed by atoms with Crippen molar-refractivity contribution in [3.63, 3.8) is 0 Å². The number of rotatable bonds is 0. The first kappa shape index (κ1) is 11.1. The third-order valence-corrected chi connectivity index (χ3v) is 4.81.